The van der Waals surface area contributed by atoms with Crippen molar-refractivity contribution in [1.29, 1.82) is 0 Å². The Balaban J connectivity index is 2.63. The smallest absolute Gasteiger partial charge is 0.147 e. The molecule has 2 rings (SSSR count). The minimum atomic E-state index is -0.375. The molecule has 0 amide bonds. The van der Waals surface area contributed by atoms with E-state index in [0.29, 0.717) is 11.3 Å². The van der Waals surface area contributed by atoms with Gasteiger partial charge in [0.25, 0.3) is 0 Å². The van der Waals surface area contributed by atoms with E-state index >= 15 is 0 Å². The van der Waals surface area contributed by atoms with Crippen LogP contribution in [0.1, 0.15) is 30.9 Å². The summed E-state index contributed by atoms with van der Waals surface area (Å²) >= 11 is 5.83. The molecule has 0 N–H and O–H groups in total. The molecular formula is C14H14ClFN2. The third-order valence-electron chi connectivity index (χ3n) is 2.77. The number of halogens is 2. The van der Waals surface area contributed by atoms with E-state index in [4.69, 9.17) is 11.6 Å². The second-order valence-corrected chi connectivity index (χ2v) is 4.78. The van der Waals surface area contributed by atoms with Gasteiger partial charge in [-0.15, -0.1) is 0 Å². The van der Waals surface area contributed by atoms with E-state index in [-0.39, 0.29) is 16.8 Å². The molecule has 0 saturated heterocycles. The molecule has 94 valence electrons. The molecule has 2 aromatic rings. The second kappa shape index (κ2) is 4.94. The SMILES string of the molecule is C=Cc1cnn(-c2ccc(Cl)c(F)c2C(C)C)c1. The first-order chi connectivity index (χ1) is 8.54. The zero-order valence-electron chi connectivity index (χ0n) is 10.3. The van der Waals surface area contributed by atoms with Crippen LogP contribution in [0, 0.1) is 5.82 Å². The summed E-state index contributed by atoms with van der Waals surface area (Å²) in [4.78, 5) is 0. The highest BCUT2D eigenvalue weighted by atomic mass is 35.5. The van der Waals surface area contributed by atoms with Gasteiger partial charge >= 0.3 is 0 Å². The van der Waals surface area contributed by atoms with Crippen LogP contribution in [0.4, 0.5) is 4.39 Å². The molecule has 4 heteroatoms. The van der Waals surface area contributed by atoms with Crippen molar-refractivity contribution < 1.29 is 4.39 Å². The van der Waals surface area contributed by atoms with Crippen molar-refractivity contribution in [3.05, 3.63) is 53.1 Å². The average Bonchev–Trinajstić information content (AvgIpc) is 2.80. The Labute approximate surface area is 111 Å². The fourth-order valence-electron chi connectivity index (χ4n) is 1.88. The van der Waals surface area contributed by atoms with Gasteiger partial charge in [0.05, 0.1) is 16.9 Å². The van der Waals surface area contributed by atoms with Gasteiger partial charge in [-0.1, -0.05) is 38.1 Å². The molecule has 0 spiro atoms. The quantitative estimate of drug-likeness (QED) is 0.802. The first kappa shape index (κ1) is 12.8. The summed E-state index contributed by atoms with van der Waals surface area (Å²) in [6.45, 7) is 7.53. The lowest BCUT2D eigenvalue weighted by Gasteiger charge is -2.14. The summed E-state index contributed by atoms with van der Waals surface area (Å²) in [5.41, 5.74) is 2.17. The lowest BCUT2D eigenvalue weighted by molar-refractivity contribution is 0.594. The third kappa shape index (κ3) is 2.18. The van der Waals surface area contributed by atoms with Gasteiger partial charge in [0.2, 0.25) is 0 Å². The summed E-state index contributed by atoms with van der Waals surface area (Å²) in [6, 6.07) is 3.33. The van der Waals surface area contributed by atoms with Crippen LogP contribution in [0.15, 0.2) is 31.1 Å². The zero-order chi connectivity index (χ0) is 13.3. The van der Waals surface area contributed by atoms with Crippen LogP contribution in [0.3, 0.4) is 0 Å². The Morgan fingerprint density at radius 1 is 1.44 bits per heavy atom. The molecule has 0 saturated carbocycles. The number of rotatable bonds is 3. The van der Waals surface area contributed by atoms with Crippen molar-refractivity contribution in [3.63, 3.8) is 0 Å². The second-order valence-electron chi connectivity index (χ2n) is 4.37. The molecule has 0 radical (unpaired) electrons. The fourth-order valence-corrected chi connectivity index (χ4v) is 2.04. The molecule has 0 unspecified atom stereocenters. The molecule has 0 fully saturated rings. The normalized spacial score (nSPS) is 10.9. The van der Waals surface area contributed by atoms with Crippen LogP contribution in [0.5, 0.6) is 0 Å². The van der Waals surface area contributed by atoms with E-state index in [9.17, 15) is 4.39 Å². The lowest BCUT2D eigenvalue weighted by Crippen LogP contribution is -2.05. The maximum Gasteiger partial charge on any atom is 0.147 e. The number of benzene rings is 1. The molecule has 0 aliphatic carbocycles. The number of hydrogen-bond acceptors (Lipinski definition) is 1. The van der Waals surface area contributed by atoms with E-state index in [0.717, 1.165) is 5.56 Å². The molecule has 1 aromatic heterocycles. The number of nitrogens with zero attached hydrogens (tertiary/aromatic N) is 2. The Kier molecular flexibility index (Phi) is 3.53. The summed E-state index contributed by atoms with van der Waals surface area (Å²) < 4.78 is 15.7. The lowest BCUT2D eigenvalue weighted by atomic mass is 10.0. The maximum absolute atomic E-state index is 14.1. The van der Waals surface area contributed by atoms with Gasteiger partial charge in [-0.05, 0) is 18.1 Å². The first-order valence-corrected chi connectivity index (χ1v) is 6.07. The largest absolute Gasteiger partial charge is 0.240 e. The van der Waals surface area contributed by atoms with Crippen LogP contribution in [0.2, 0.25) is 5.02 Å². The van der Waals surface area contributed by atoms with E-state index in [2.05, 4.69) is 11.7 Å². The molecule has 1 aromatic carbocycles. The fraction of sp³-hybridized carbons (Fsp3) is 0.214. The Hall–Kier alpha value is -1.61. The molecular weight excluding hydrogens is 251 g/mol. The highest BCUT2D eigenvalue weighted by molar-refractivity contribution is 6.30. The average molecular weight is 265 g/mol. The molecule has 2 nitrogen and oxygen atoms in total. The molecule has 0 aliphatic heterocycles. The molecule has 18 heavy (non-hydrogen) atoms. The number of aromatic nitrogens is 2. The summed E-state index contributed by atoms with van der Waals surface area (Å²) in [6.07, 6.45) is 5.19. The monoisotopic (exact) mass is 264 g/mol. The Bertz CT molecular complexity index is 587. The van der Waals surface area contributed by atoms with Crippen molar-refractivity contribution >= 4 is 17.7 Å². The predicted molar refractivity (Wildman–Crippen MR) is 72.7 cm³/mol. The van der Waals surface area contributed by atoms with E-state index in [1.54, 1.807) is 29.1 Å². The van der Waals surface area contributed by atoms with Gasteiger partial charge in [0.15, 0.2) is 0 Å². The van der Waals surface area contributed by atoms with Crippen molar-refractivity contribution in [2.75, 3.05) is 0 Å². The van der Waals surface area contributed by atoms with Gasteiger partial charge < -0.3 is 0 Å². The minimum absolute atomic E-state index is 0.0232. The third-order valence-corrected chi connectivity index (χ3v) is 3.06. The van der Waals surface area contributed by atoms with Crippen molar-refractivity contribution in [2.24, 2.45) is 0 Å². The molecule has 1 heterocycles. The van der Waals surface area contributed by atoms with Crippen molar-refractivity contribution in [2.45, 2.75) is 19.8 Å². The number of hydrogen-bond donors (Lipinski definition) is 0. The van der Waals surface area contributed by atoms with Crippen molar-refractivity contribution in [3.8, 4) is 5.69 Å². The summed E-state index contributed by atoms with van der Waals surface area (Å²) in [5.74, 6) is -0.352. The van der Waals surface area contributed by atoms with E-state index < -0.39 is 0 Å². The Morgan fingerprint density at radius 2 is 2.17 bits per heavy atom. The molecule has 0 atom stereocenters. The van der Waals surface area contributed by atoms with E-state index in [1.165, 1.54) is 0 Å². The standard InChI is InChI=1S/C14H14ClFN2/c1-4-10-7-17-18(8-10)12-6-5-11(15)14(16)13(12)9(2)3/h4-9H,1H2,2-3H3. The Morgan fingerprint density at radius 3 is 2.72 bits per heavy atom. The van der Waals surface area contributed by atoms with Crippen LogP contribution in [-0.4, -0.2) is 9.78 Å². The predicted octanol–water partition coefficient (Wildman–Crippen LogP) is 4.43. The van der Waals surface area contributed by atoms with Crippen molar-refractivity contribution in [1.82, 2.24) is 9.78 Å². The van der Waals surface area contributed by atoms with Crippen LogP contribution < -0.4 is 0 Å². The first-order valence-electron chi connectivity index (χ1n) is 5.70. The van der Waals surface area contributed by atoms with Gasteiger partial charge in [-0.3, -0.25) is 0 Å². The van der Waals surface area contributed by atoms with Gasteiger partial charge in [-0.2, -0.15) is 5.10 Å². The zero-order valence-corrected chi connectivity index (χ0v) is 11.1. The molecule has 0 bridgehead atoms. The molecule has 0 aliphatic rings. The van der Waals surface area contributed by atoms with Gasteiger partial charge in [0.1, 0.15) is 5.82 Å². The maximum atomic E-state index is 14.1. The minimum Gasteiger partial charge on any atom is -0.240 e. The highest BCUT2D eigenvalue weighted by Gasteiger charge is 2.17. The highest BCUT2D eigenvalue weighted by Crippen LogP contribution is 2.30. The van der Waals surface area contributed by atoms with Crippen LogP contribution in [0.25, 0.3) is 11.8 Å². The van der Waals surface area contributed by atoms with Crippen LogP contribution >= 0.6 is 11.6 Å². The summed E-state index contributed by atoms with van der Waals surface area (Å²) in [7, 11) is 0. The van der Waals surface area contributed by atoms with Gasteiger partial charge in [0, 0.05) is 17.3 Å². The van der Waals surface area contributed by atoms with E-state index in [1.807, 2.05) is 20.0 Å². The van der Waals surface area contributed by atoms with Crippen LogP contribution in [-0.2, 0) is 0 Å². The summed E-state index contributed by atoms with van der Waals surface area (Å²) in [5, 5.41) is 4.34. The topological polar surface area (TPSA) is 17.8 Å². The van der Waals surface area contributed by atoms with Gasteiger partial charge in [-0.25, -0.2) is 9.07 Å².